The summed E-state index contributed by atoms with van der Waals surface area (Å²) >= 11 is 5.15. The molecule has 0 spiro atoms. The SMILES string of the molecule is FC(F)(F)C(F)(F)c1c[c]c(Br)c(-c2cccc(I)c2)c1. The van der Waals surface area contributed by atoms with E-state index >= 15 is 0 Å². The fourth-order valence-corrected chi connectivity index (χ4v) is 2.69. The Balaban J connectivity index is 2.58. The second-order valence-electron chi connectivity index (χ2n) is 4.20. The Morgan fingerprint density at radius 2 is 1.71 bits per heavy atom. The van der Waals surface area contributed by atoms with Gasteiger partial charge in [0.05, 0.1) is 0 Å². The van der Waals surface area contributed by atoms with Crippen LogP contribution in [-0.4, -0.2) is 6.18 Å². The van der Waals surface area contributed by atoms with Crippen LogP contribution in [0.3, 0.4) is 0 Å². The highest BCUT2D eigenvalue weighted by molar-refractivity contribution is 14.1. The van der Waals surface area contributed by atoms with Crippen LogP contribution in [0, 0.1) is 9.64 Å². The summed E-state index contributed by atoms with van der Waals surface area (Å²) in [7, 11) is 0. The van der Waals surface area contributed by atoms with Crippen molar-refractivity contribution in [2.75, 3.05) is 0 Å². The lowest BCUT2D eigenvalue weighted by Crippen LogP contribution is -2.33. The third kappa shape index (κ3) is 3.39. The minimum Gasteiger partial charge on any atom is -0.191 e. The third-order valence-electron chi connectivity index (χ3n) is 2.74. The first-order valence-corrected chi connectivity index (χ1v) is 7.42. The van der Waals surface area contributed by atoms with Crippen LogP contribution in [0.15, 0.2) is 40.9 Å². The van der Waals surface area contributed by atoms with Gasteiger partial charge >= 0.3 is 12.1 Å². The van der Waals surface area contributed by atoms with Crippen molar-refractivity contribution in [2.45, 2.75) is 12.1 Å². The molecule has 0 saturated heterocycles. The van der Waals surface area contributed by atoms with Crippen molar-refractivity contribution in [2.24, 2.45) is 0 Å². The molecule has 2 rings (SSSR count). The second kappa shape index (κ2) is 5.83. The highest BCUT2D eigenvalue weighted by Gasteiger charge is 2.58. The maximum Gasteiger partial charge on any atom is 0.458 e. The number of rotatable bonds is 2. The van der Waals surface area contributed by atoms with Crippen molar-refractivity contribution in [1.29, 1.82) is 0 Å². The van der Waals surface area contributed by atoms with E-state index in [-0.39, 0.29) is 5.56 Å². The van der Waals surface area contributed by atoms with E-state index in [0.29, 0.717) is 16.1 Å². The maximum atomic E-state index is 13.4. The van der Waals surface area contributed by atoms with Gasteiger partial charge in [-0.3, -0.25) is 0 Å². The molecule has 0 nitrogen and oxygen atoms in total. The van der Waals surface area contributed by atoms with E-state index in [4.69, 9.17) is 0 Å². The van der Waals surface area contributed by atoms with E-state index in [1.165, 1.54) is 0 Å². The normalized spacial score (nSPS) is 12.5. The summed E-state index contributed by atoms with van der Waals surface area (Å²) in [5.41, 5.74) is -0.369. The zero-order chi connectivity index (χ0) is 15.8. The molecule has 0 aliphatic heterocycles. The van der Waals surface area contributed by atoms with E-state index in [2.05, 4.69) is 22.0 Å². The Hall–Kier alpha value is -0.700. The molecule has 21 heavy (non-hydrogen) atoms. The first-order valence-electron chi connectivity index (χ1n) is 5.55. The molecule has 0 amide bonds. The molecule has 0 bridgehead atoms. The zero-order valence-corrected chi connectivity index (χ0v) is 13.9. The Morgan fingerprint density at radius 1 is 1.05 bits per heavy atom. The molecular formula is C14H6BrF5I. The van der Waals surface area contributed by atoms with E-state index in [1.54, 1.807) is 24.3 Å². The minimum atomic E-state index is -5.64. The van der Waals surface area contributed by atoms with Crippen LogP contribution in [0.4, 0.5) is 22.0 Å². The Labute approximate surface area is 139 Å². The first-order chi connectivity index (χ1) is 9.63. The van der Waals surface area contributed by atoms with Gasteiger partial charge in [-0.2, -0.15) is 22.0 Å². The van der Waals surface area contributed by atoms with Gasteiger partial charge in [0.15, 0.2) is 0 Å². The van der Waals surface area contributed by atoms with Gasteiger partial charge in [-0.25, -0.2) is 0 Å². The van der Waals surface area contributed by atoms with Gasteiger partial charge in [0, 0.05) is 13.6 Å². The molecule has 0 unspecified atom stereocenters. The van der Waals surface area contributed by atoms with Crippen LogP contribution < -0.4 is 0 Å². The van der Waals surface area contributed by atoms with Crippen molar-refractivity contribution in [3.8, 4) is 11.1 Å². The van der Waals surface area contributed by atoms with Crippen molar-refractivity contribution in [3.63, 3.8) is 0 Å². The number of alkyl halides is 5. The third-order valence-corrected chi connectivity index (χ3v) is 4.07. The zero-order valence-electron chi connectivity index (χ0n) is 10.1. The molecule has 0 saturated carbocycles. The van der Waals surface area contributed by atoms with E-state index < -0.39 is 17.7 Å². The monoisotopic (exact) mass is 475 g/mol. The van der Waals surface area contributed by atoms with Crippen LogP contribution in [0.1, 0.15) is 5.56 Å². The van der Waals surface area contributed by atoms with Crippen molar-refractivity contribution in [1.82, 2.24) is 0 Å². The molecule has 0 fully saturated rings. The second-order valence-corrected chi connectivity index (χ2v) is 6.24. The quantitative estimate of drug-likeness (QED) is 0.359. The largest absolute Gasteiger partial charge is 0.458 e. The molecule has 1 radical (unpaired) electrons. The summed E-state index contributed by atoms with van der Waals surface area (Å²) in [6.07, 6.45) is -5.64. The van der Waals surface area contributed by atoms with Crippen molar-refractivity contribution in [3.05, 3.63) is 56.1 Å². The molecule has 0 atom stereocenters. The maximum absolute atomic E-state index is 13.4. The van der Waals surface area contributed by atoms with Gasteiger partial charge in [-0.15, -0.1) is 0 Å². The molecule has 7 heteroatoms. The minimum absolute atomic E-state index is 0.231. The lowest BCUT2D eigenvalue weighted by molar-refractivity contribution is -0.289. The van der Waals surface area contributed by atoms with Crippen LogP contribution in [-0.2, 0) is 5.92 Å². The molecule has 0 heterocycles. The number of hydrogen-bond acceptors (Lipinski definition) is 0. The van der Waals surface area contributed by atoms with Crippen LogP contribution in [0.25, 0.3) is 11.1 Å². The molecule has 2 aromatic carbocycles. The van der Waals surface area contributed by atoms with Gasteiger partial charge in [0.25, 0.3) is 0 Å². The molecular weight excluding hydrogens is 470 g/mol. The topological polar surface area (TPSA) is 0 Å². The lowest BCUT2D eigenvalue weighted by atomic mass is 10.00. The van der Waals surface area contributed by atoms with Crippen molar-refractivity contribution < 1.29 is 22.0 Å². The van der Waals surface area contributed by atoms with E-state index in [0.717, 1.165) is 9.64 Å². The molecule has 0 N–H and O–H groups in total. The number of benzene rings is 2. The Kier molecular flexibility index (Phi) is 4.63. The molecule has 111 valence electrons. The number of hydrogen-bond donors (Lipinski definition) is 0. The Morgan fingerprint density at radius 3 is 2.29 bits per heavy atom. The van der Waals surface area contributed by atoms with Crippen molar-refractivity contribution >= 4 is 38.5 Å². The fraction of sp³-hybridized carbons (Fsp3) is 0.143. The van der Waals surface area contributed by atoms with Crippen LogP contribution in [0.2, 0.25) is 0 Å². The molecule has 2 aromatic rings. The molecule has 0 aliphatic rings. The highest BCUT2D eigenvalue weighted by Crippen LogP contribution is 2.45. The van der Waals surface area contributed by atoms with Gasteiger partial charge in [0.1, 0.15) is 0 Å². The lowest BCUT2D eigenvalue weighted by Gasteiger charge is -2.20. The summed E-state index contributed by atoms with van der Waals surface area (Å²) in [6.45, 7) is 0. The predicted octanol–water partition coefficient (Wildman–Crippen LogP) is 6.17. The van der Waals surface area contributed by atoms with Gasteiger partial charge in [-0.05, 0) is 80.0 Å². The average molecular weight is 476 g/mol. The standard InChI is InChI=1S/C14H6BrF5I/c15-12-5-4-9(13(16,17)14(18,19)20)7-11(12)8-2-1-3-10(21)6-8/h1-4,6-7H. The molecule has 0 aliphatic carbocycles. The summed E-state index contributed by atoms with van der Waals surface area (Å²) in [5.74, 6) is -4.92. The number of halogens is 7. The van der Waals surface area contributed by atoms with E-state index in [9.17, 15) is 22.0 Å². The highest BCUT2D eigenvalue weighted by atomic mass is 127. The van der Waals surface area contributed by atoms with E-state index in [1.807, 2.05) is 22.6 Å². The molecule has 0 aromatic heterocycles. The average Bonchev–Trinajstić information content (AvgIpc) is 2.37. The van der Waals surface area contributed by atoms with Crippen LogP contribution in [0.5, 0.6) is 0 Å². The van der Waals surface area contributed by atoms with Crippen LogP contribution >= 0.6 is 38.5 Å². The smallest absolute Gasteiger partial charge is 0.191 e. The van der Waals surface area contributed by atoms with Gasteiger partial charge in [0.2, 0.25) is 0 Å². The summed E-state index contributed by atoms with van der Waals surface area (Å²) in [5, 5.41) is 0. The summed E-state index contributed by atoms with van der Waals surface area (Å²) in [4.78, 5) is 0. The first kappa shape index (κ1) is 16.7. The fourth-order valence-electron chi connectivity index (χ4n) is 1.69. The van der Waals surface area contributed by atoms with Gasteiger partial charge in [-0.1, -0.05) is 12.1 Å². The summed E-state index contributed by atoms with van der Waals surface area (Å²) in [6, 6.07) is 10.7. The predicted molar refractivity (Wildman–Crippen MR) is 81.1 cm³/mol. The van der Waals surface area contributed by atoms with Gasteiger partial charge < -0.3 is 0 Å². The summed E-state index contributed by atoms with van der Waals surface area (Å²) < 4.78 is 65.3. The Bertz CT molecular complexity index is 667.